The minimum Gasteiger partial charge on any atom is -0.320 e. The number of rotatable bonds is 5. The minimum absolute atomic E-state index is 0.807. The van der Waals surface area contributed by atoms with E-state index in [0.717, 1.165) is 19.1 Å². The highest BCUT2D eigenvalue weighted by Crippen LogP contribution is 2.19. The monoisotopic (exact) mass is 210 g/mol. The van der Waals surface area contributed by atoms with E-state index in [1.165, 1.54) is 37.8 Å². The molecule has 1 rings (SSSR count). The van der Waals surface area contributed by atoms with Crippen molar-refractivity contribution in [3.63, 3.8) is 0 Å². The van der Waals surface area contributed by atoms with Crippen LogP contribution >= 0.6 is 0 Å². The molecule has 1 heterocycles. The van der Waals surface area contributed by atoms with Gasteiger partial charge in [-0.05, 0) is 53.2 Å². The Morgan fingerprint density at radius 2 is 2.20 bits per heavy atom. The zero-order valence-corrected chi connectivity index (χ0v) is 10.6. The Balaban J connectivity index is 2.38. The van der Waals surface area contributed by atoms with Crippen molar-refractivity contribution in [2.75, 3.05) is 26.7 Å². The van der Waals surface area contributed by atoms with Gasteiger partial charge in [-0.25, -0.2) is 0 Å². The second-order valence-electron chi connectivity index (χ2n) is 4.82. The lowest BCUT2D eigenvalue weighted by atomic mass is 9.99. The first-order valence-corrected chi connectivity index (χ1v) is 6.26. The lowest BCUT2D eigenvalue weighted by Gasteiger charge is -2.35. The fraction of sp³-hybridized carbons (Fsp3) is 0.846. The Bertz CT molecular complexity index is 195. The molecule has 0 aromatic carbocycles. The third-order valence-corrected chi connectivity index (χ3v) is 3.21. The Morgan fingerprint density at radius 3 is 2.87 bits per heavy atom. The number of hydrogen-bond acceptors (Lipinski definition) is 2. The summed E-state index contributed by atoms with van der Waals surface area (Å²) in [6.07, 6.45) is 7.84. The van der Waals surface area contributed by atoms with Crippen LogP contribution in [0.3, 0.4) is 0 Å². The molecule has 0 aromatic heterocycles. The quantitative estimate of drug-likeness (QED) is 0.701. The average molecular weight is 210 g/mol. The Kier molecular flexibility index (Phi) is 5.96. The summed E-state index contributed by atoms with van der Waals surface area (Å²) in [5.41, 5.74) is 1.44. The van der Waals surface area contributed by atoms with Crippen molar-refractivity contribution >= 4 is 0 Å². The summed E-state index contributed by atoms with van der Waals surface area (Å²) in [5.74, 6) is 0. The summed E-state index contributed by atoms with van der Waals surface area (Å²) in [6.45, 7) is 7.96. The first-order chi connectivity index (χ1) is 7.24. The lowest BCUT2D eigenvalue weighted by Crippen LogP contribution is -2.41. The van der Waals surface area contributed by atoms with Gasteiger partial charge in [0.05, 0.1) is 0 Å². The normalized spacial score (nSPS) is 22.7. The van der Waals surface area contributed by atoms with Crippen molar-refractivity contribution in [3.05, 3.63) is 11.6 Å². The topological polar surface area (TPSA) is 15.3 Å². The predicted molar refractivity (Wildman–Crippen MR) is 67.2 cm³/mol. The maximum atomic E-state index is 3.26. The van der Waals surface area contributed by atoms with Gasteiger partial charge >= 0.3 is 0 Å². The molecular formula is C13H26N2. The van der Waals surface area contributed by atoms with Crippen LogP contribution in [0.15, 0.2) is 11.6 Å². The molecule has 1 N–H and O–H groups in total. The number of nitrogens with zero attached hydrogens (tertiary/aromatic N) is 1. The number of hydrogen-bond donors (Lipinski definition) is 1. The van der Waals surface area contributed by atoms with Gasteiger partial charge in [0, 0.05) is 12.6 Å². The van der Waals surface area contributed by atoms with Gasteiger partial charge in [0.2, 0.25) is 0 Å². The van der Waals surface area contributed by atoms with Crippen molar-refractivity contribution in [3.8, 4) is 0 Å². The highest BCUT2D eigenvalue weighted by atomic mass is 15.2. The highest BCUT2D eigenvalue weighted by molar-refractivity contribution is 4.96. The van der Waals surface area contributed by atoms with Crippen LogP contribution in [0.1, 0.15) is 39.5 Å². The second kappa shape index (κ2) is 7.02. The molecule has 2 nitrogen and oxygen atoms in total. The lowest BCUT2D eigenvalue weighted by molar-refractivity contribution is 0.156. The van der Waals surface area contributed by atoms with E-state index in [2.05, 4.69) is 30.1 Å². The standard InChI is InChI=1S/C13H26N2/c1-12(2)8-11-15-10-5-4-6-13(15)7-9-14-3/h8,13-14H,4-7,9-11H2,1-3H3. The van der Waals surface area contributed by atoms with Crippen molar-refractivity contribution in [1.82, 2.24) is 10.2 Å². The van der Waals surface area contributed by atoms with E-state index in [0.29, 0.717) is 0 Å². The van der Waals surface area contributed by atoms with E-state index >= 15 is 0 Å². The minimum atomic E-state index is 0.807. The van der Waals surface area contributed by atoms with E-state index in [1.54, 1.807) is 0 Å². The summed E-state index contributed by atoms with van der Waals surface area (Å²) in [4.78, 5) is 2.65. The molecule has 1 fully saturated rings. The largest absolute Gasteiger partial charge is 0.320 e. The first-order valence-electron chi connectivity index (χ1n) is 6.26. The SMILES string of the molecule is CNCCC1CCCCN1CC=C(C)C. The summed E-state index contributed by atoms with van der Waals surface area (Å²) >= 11 is 0. The van der Waals surface area contributed by atoms with Crippen LogP contribution in [0.25, 0.3) is 0 Å². The van der Waals surface area contributed by atoms with Gasteiger partial charge < -0.3 is 5.32 Å². The van der Waals surface area contributed by atoms with Gasteiger partial charge in [-0.15, -0.1) is 0 Å². The summed E-state index contributed by atoms with van der Waals surface area (Å²) in [6, 6.07) is 0.807. The van der Waals surface area contributed by atoms with E-state index in [4.69, 9.17) is 0 Å². The molecule has 1 atom stereocenters. The van der Waals surface area contributed by atoms with Crippen molar-refractivity contribution in [2.45, 2.75) is 45.6 Å². The number of piperidine rings is 1. The first kappa shape index (κ1) is 12.7. The van der Waals surface area contributed by atoms with Gasteiger partial charge in [0.15, 0.2) is 0 Å². The van der Waals surface area contributed by atoms with Gasteiger partial charge in [-0.1, -0.05) is 18.1 Å². The predicted octanol–water partition coefficient (Wildman–Crippen LogP) is 2.42. The van der Waals surface area contributed by atoms with Crippen molar-refractivity contribution in [2.24, 2.45) is 0 Å². The van der Waals surface area contributed by atoms with Gasteiger partial charge in [-0.3, -0.25) is 4.90 Å². The highest BCUT2D eigenvalue weighted by Gasteiger charge is 2.20. The Morgan fingerprint density at radius 1 is 1.40 bits per heavy atom. The molecule has 0 spiro atoms. The molecule has 0 saturated carbocycles. The fourth-order valence-corrected chi connectivity index (χ4v) is 2.24. The molecule has 2 heteroatoms. The van der Waals surface area contributed by atoms with Crippen LogP contribution in [-0.2, 0) is 0 Å². The van der Waals surface area contributed by atoms with E-state index in [9.17, 15) is 0 Å². The molecule has 0 amide bonds. The maximum absolute atomic E-state index is 3.26. The van der Waals surface area contributed by atoms with E-state index < -0.39 is 0 Å². The zero-order chi connectivity index (χ0) is 11.1. The Hall–Kier alpha value is -0.340. The van der Waals surface area contributed by atoms with Gasteiger partial charge in [0.1, 0.15) is 0 Å². The van der Waals surface area contributed by atoms with Crippen molar-refractivity contribution in [1.29, 1.82) is 0 Å². The average Bonchev–Trinajstić information content (AvgIpc) is 2.24. The summed E-state index contributed by atoms with van der Waals surface area (Å²) in [5, 5.41) is 3.26. The molecule has 15 heavy (non-hydrogen) atoms. The molecule has 0 bridgehead atoms. The smallest absolute Gasteiger partial charge is 0.0168 e. The Labute approximate surface area is 94.7 Å². The third-order valence-electron chi connectivity index (χ3n) is 3.21. The van der Waals surface area contributed by atoms with Crippen LogP contribution in [0.2, 0.25) is 0 Å². The second-order valence-corrected chi connectivity index (χ2v) is 4.82. The fourth-order valence-electron chi connectivity index (χ4n) is 2.24. The zero-order valence-electron chi connectivity index (χ0n) is 10.6. The van der Waals surface area contributed by atoms with Crippen LogP contribution in [0, 0.1) is 0 Å². The molecule has 1 aliphatic heterocycles. The molecule has 88 valence electrons. The molecule has 1 saturated heterocycles. The van der Waals surface area contributed by atoms with E-state index in [-0.39, 0.29) is 0 Å². The number of nitrogens with one attached hydrogen (secondary N) is 1. The number of allylic oxidation sites excluding steroid dienone is 1. The number of likely N-dealkylation sites (tertiary alicyclic amines) is 1. The maximum Gasteiger partial charge on any atom is 0.0168 e. The molecule has 0 aliphatic carbocycles. The summed E-state index contributed by atoms with van der Waals surface area (Å²) in [7, 11) is 2.04. The van der Waals surface area contributed by atoms with E-state index in [1.807, 2.05) is 7.05 Å². The van der Waals surface area contributed by atoms with Crippen LogP contribution in [0.5, 0.6) is 0 Å². The van der Waals surface area contributed by atoms with Crippen molar-refractivity contribution < 1.29 is 0 Å². The molecular weight excluding hydrogens is 184 g/mol. The summed E-state index contributed by atoms with van der Waals surface area (Å²) < 4.78 is 0. The van der Waals surface area contributed by atoms with Crippen LogP contribution in [-0.4, -0.2) is 37.6 Å². The van der Waals surface area contributed by atoms with Crippen LogP contribution in [0.4, 0.5) is 0 Å². The third kappa shape index (κ3) is 4.80. The van der Waals surface area contributed by atoms with Crippen LogP contribution < -0.4 is 5.32 Å². The van der Waals surface area contributed by atoms with Gasteiger partial charge in [0.25, 0.3) is 0 Å². The van der Waals surface area contributed by atoms with Gasteiger partial charge in [-0.2, -0.15) is 0 Å². The molecule has 0 aromatic rings. The molecule has 1 aliphatic rings. The molecule has 1 unspecified atom stereocenters. The molecule has 0 radical (unpaired) electrons.